The Morgan fingerprint density at radius 1 is 1.21 bits per heavy atom. The summed E-state index contributed by atoms with van der Waals surface area (Å²) in [6.07, 6.45) is 3.37. The van der Waals surface area contributed by atoms with E-state index in [1.807, 2.05) is 12.1 Å². The highest BCUT2D eigenvalue weighted by Gasteiger charge is 2.29. The molecular weight excluding hydrogens is 284 g/mol. The molecule has 0 radical (unpaired) electrons. The maximum atomic E-state index is 10.9. The average molecular weight is 303 g/mol. The van der Waals surface area contributed by atoms with Gasteiger partial charge in [-0.2, -0.15) is 0 Å². The van der Waals surface area contributed by atoms with Crippen molar-refractivity contribution in [3.8, 4) is 0 Å². The molecule has 0 heterocycles. The van der Waals surface area contributed by atoms with Gasteiger partial charge in [0, 0.05) is 24.2 Å². The molecule has 0 bridgehead atoms. The van der Waals surface area contributed by atoms with Gasteiger partial charge in [-0.3, -0.25) is 0 Å². The maximum absolute atomic E-state index is 10.9. The van der Waals surface area contributed by atoms with Gasteiger partial charge in [-0.1, -0.05) is 23.7 Å². The highest BCUT2D eigenvalue weighted by molar-refractivity contribution is 7.88. The second-order valence-corrected chi connectivity index (χ2v) is 7.31. The maximum Gasteiger partial charge on any atom is 0.208 e. The zero-order valence-electron chi connectivity index (χ0n) is 10.9. The van der Waals surface area contributed by atoms with Crippen molar-refractivity contribution in [1.82, 2.24) is 10.0 Å². The van der Waals surface area contributed by atoms with E-state index >= 15 is 0 Å². The van der Waals surface area contributed by atoms with Crippen LogP contribution < -0.4 is 10.0 Å². The quantitative estimate of drug-likeness (QED) is 0.787. The van der Waals surface area contributed by atoms with E-state index in [2.05, 4.69) is 22.2 Å². The summed E-state index contributed by atoms with van der Waals surface area (Å²) in [5.41, 5.74) is 1.33. The summed E-state index contributed by atoms with van der Waals surface area (Å²) in [6, 6.07) is 8.49. The van der Waals surface area contributed by atoms with Crippen LogP contribution in [0.2, 0.25) is 5.02 Å². The fraction of sp³-hybridized carbons (Fsp3) is 0.538. The van der Waals surface area contributed by atoms with Crippen molar-refractivity contribution in [3.63, 3.8) is 0 Å². The molecule has 1 fully saturated rings. The molecule has 6 heteroatoms. The first-order valence-corrected chi connectivity index (χ1v) is 8.64. The molecule has 1 aromatic carbocycles. The van der Waals surface area contributed by atoms with Crippen LogP contribution in [0.15, 0.2) is 24.3 Å². The summed E-state index contributed by atoms with van der Waals surface area (Å²) in [5.74, 6) is 0.595. The lowest BCUT2D eigenvalue weighted by Crippen LogP contribution is -2.43. The summed E-state index contributed by atoms with van der Waals surface area (Å²) in [6.45, 7) is 1.12. The molecule has 1 aliphatic rings. The first-order valence-electron chi connectivity index (χ1n) is 6.37. The molecule has 1 aliphatic carbocycles. The fourth-order valence-corrected chi connectivity index (χ4v) is 2.90. The number of halogens is 1. The molecule has 2 rings (SSSR count). The van der Waals surface area contributed by atoms with E-state index in [4.69, 9.17) is 11.6 Å². The van der Waals surface area contributed by atoms with Gasteiger partial charge in [-0.25, -0.2) is 13.1 Å². The number of nitrogens with one attached hydrogen (secondary N) is 2. The van der Waals surface area contributed by atoms with E-state index in [0.717, 1.165) is 17.9 Å². The Balaban J connectivity index is 1.65. The van der Waals surface area contributed by atoms with Crippen molar-refractivity contribution < 1.29 is 8.42 Å². The summed E-state index contributed by atoms with van der Waals surface area (Å²) < 4.78 is 24.2. The minimum atomic E-state index is -3.07. The normalized spacial score (nSPS) is 23.1. The predicted octanol–water partition coefficient (Wildman–Crippen LogP) is 1.72. The van der Waals surface area contributed by atoms with Crippen LogP contribution in [0.25, 0.3) is 0 Å². The number of rotatable bonds is 6. The van der Waals surface area contributed by atoms with Crippen LogP contribution in [0.3, 0.4) is 0 Å². The minimum Gasteiger partial charge on any atom is -0.313 e. The van der Waals surface area contributed by atoms with E-state index in [1.54, 1.807) is 0 Å². The second-order valence-electron chi connectivity index (χ2n) is 5.04. The Hall–Kier alpha value is -0.620. The Bertz CT molecular complexity index is 510. The first kappa shape index (κ1) is 14.8. The van der Waals surface area contributed by atoms with Gasteiger partial charge in [-0.05, 0) is 36.5 Å². The standard InChI is InChI=1S/C13H19ClN2O2S/c1-19(17,18)16-7-6-15-13-8-11(9-13)10-2-4-12(14)5-3-10/h2-5,11,13,15-16H,6-9H2,1H3. The highest BCUT2D eigenvalue weighted by atomic mass is 35.5. The van der Waals surface area contributed by atoms with Gasteiger partial charge in [0.2, 0.25) is 10.0 Å². The zero-order valence-corrected chi connectivity index (χ0v) is 12.5. The van der Waals surface area contributed by atoms with Crippen LogP contribution in [-0.2, 0) is 10.0 Å². The van der Waals surface area contributed by atoms with E-state index in [-0.39, 0.29) is 0 Å². The Morgan fingerprint density at radius 3 is 2.42 bits per heavy atom. The lowest BCUT2D eigenvalue weighted by molar-refractivity contribution is 0.293. The van der Waals surface area contributed by atoms with Gasteiger partial charge in [0.1, 0.15) is 0 Å². The van der Waals surface area contributed by atoms with Gasteiger partial charge in [-0.15, -0.1) is 0 Å². The van der Waals surface area contributed by atoms with Crippen molar-refractivity contribution in [2.45, 2.75) is 24.8 Å². The number of sulfonamides is 1. The van der Waals surface area contributed by atoms with Crippen LogP contribution in [-0.4, -0.2) is 33.8 Å². The SMILES string of the molecule is CS(=O)(=O)NCCNC1CC(c2ccc(Cl)cc2)C1. The molecule has 0 spiro atoms. The highest BCUT2D eigenvalue weighted by Crippen LogP contribution is 2.36. The molecule has 0 amide bonds. The lowest BCUT2D eigenvalue weighted by atomic mass is 9.76. The van der Waals surface area contributed by atoms with Gasteiger partial charge in [0.05, 0.1) is 6.26 Å². The Kier molecular flexibility index (Phi) is 4.84. The largest absolute Gasteiger partial charge is 0.313 e. The summed E-state index contributed by atoms with van der Waals surface area (Å²) in [7, 11) is -3.07. The Morgan fingerprint density at radius 2 is 1.84 bits per heavy atom. The van der Waals surface area contributed by atoms with Crippen LogP contribution in [0, 0.1) is 0 Å². The molecule has 19 heavy (non-hydrogen) atoms. The van der Waals surface area contributed by atoms with E-state index in [0.29, 0.717) is 25.0 Å². The topological polar surface area (TPSA) is 58.2 Å². The van der Waals surface area contributed by atoms with Crippen molar-refractivity contribution in [2.75, 3.05) is 19.3 Å². The second kappa shape index (κ2) is 6.22. The molecule has 0 aromatic heterocycles. The smallest absolute Gasteiger partial charge is 0.208 e. The minimum absolute atomic E-state index is 0.445. The monoisotopic (exact) mass is 302 g/mol. The molecule has 4 nitrogen and oxygen atoms in total. The molecular formula is C13H19ClN2O2S. The van der Waals surface area contributed by atoms with E-state index < -0.39 is 10.0 Å². The van der Waals surface area contributed by atoms with Gasteiger partial charge in [0.25, 0.3) is 0 Å². The predicted molar refractivity (Wildman–Crippen MR) is 78.1 cm³/mol. The first-order chi connectivity index (χ1) is 8.94. The summed E-state index contributed by atoms with van der Waals surface area (Å²) in [5, 5.41) is 4.12. The van der Waals surface area contributed by atoms with Crippen LogP contribution in [0.5, 0.6) is 0 Å². The third-order valence-electron chi connectivity index (χ3n) is 3.40. The third kappa shape index (κ3) is 4.76. The van der Waals surface area contributed by atoms with E-state index in [1.165, 1.54) is 11.8 Å². The molecule has 1 saturated carbocycles. The van der Waals surface area contributed by atoms with Crippen molar-refractivity contribution >= 4 is 21.6 Å². The molecule has 2 N–H and O–H groups in total. The molecule has 0 unspecified atom stereocenters. The van der Waals surface area contributed by atoms with Gasteiger partial charge < -0.3 is 5.32 Å². The number of hydrogen-bond donors (Lipinski definition) is 2. The lowest BCUT2D eigenvalue weighted by Gasteiger charge is -2.36. The fourth-order valence-electron chi connectivity index (χ4n) is 2.30. The summed E-state index contributed by atoms with van der Waals surface area (Å²) >= 11 is 5.86. The number of benzene rings is 1. The van der Waals surface area contributed by atoms with Crippen LogP contribution in [0.4, 0.5) is 0 Å². The molecule has 1 aromatic rings. The van der Waals surface area contributed by atoms with Crippen LogP contribution >= 0.6 is 11.6 Å². The molecule has 106 valence electrons. The van der Waals surface area contributed by atoms with Crippen molar-refractivity contribution in [2.24, 2.45) is 0 Å². The van der Waals surface area contributed by atoms with Crippen molar-refractivity contribution in [3.05, 3.63) is 34.9 Å². The molecule has 0 saturated heterocycles. The van der Waals surface area contributed by atoms with Gasteiger partial charge in [0.15, 0.2) is 0 Å². The van der Waals surface area contributed by atoms with Gasteiger partial charge >= 0.3 is 0 Å². The van der Waals surface area contributed by atoms with E-state index in [9.17, 15) is 8.42 Å². The average Bonchev–Trinajstić information content (AvgIpc) is 2.27. The molecule has 0 aliphatic heterocycles. The third-order valence-corrected chi connectivity index (χ3v) is 4.38. The Labute approximate surface area is 119 Å². The zero-order chi connectivity index (χ0) is 13.9. The van der Waals surface area contributed by atoms with Crippen LogP contribution in [0.1, 0.15) is 24.3 Å². The van der Waals surface area contributed by atoms with Crippen molar-refractivity contribution in [1.29, 1.82) is 0 Å². The molecule has 0 atom stereocenters. The summed E-state index contributed by atoms with van der Waals surface area (Å²) in [4.78, 5) is 0. The number of hydrogen-bond acceptors (Lipinski definition) is 3.